The van der Waals surface area contributed by atoms with Gasteiger partial charge in [0.2, 0.25) is 5.69 Å². The van der Waals surface area contributed by atoms with Crippen molar-refractivity contribution in [3.05, 3.63) is 89.6 Å². The molecule has 0 fully saturated rings. The predicted octanol–water partition coefficient (Wildman–Crippen LogP) is 8.83. The Morgan fingerprint density at radius 3 is 2.09 bits per heavy atom. The zero-order valence-corrected chi connectivity index (χ0v) is 22.6. The number of fused-ring (bicyclic) bond motifs is 4. The van der Waals surface area contributed by atoms with Gasteiger partial charge in [0.15, 0.2) is 6.20 Å². The van der Waals surface area contributed by atoms with Crippen LogP contribution in [-0.2, 0) is 18.9 Å². The van der Waals surface area contributed by atoms with Gasteiger partial charge in [-0.2, -0.15) is 0 Å². The maximum atomic E-state index is 2.46. The Morgan fingerprint density at radius 1 is 0.714 bits per heavy atom. The average Bonchev–Trinajstić information content (AvgIpc) is 2.78. The van der Waals surface area contributed by atoms with E-state index in [1.807, 2.05) is 0 Å². The first-order chi connectivity index (χ1) is 16.5. The zero-order valence-electron chi connectivity index (χ0n) is 22.6. The number of aromatic nitrogens is 1. The van der Waals surface area contributed by atoms with E-state index in [-0.39, 0.29) is 10.8 Å². The van der Waals surface area contributed by atoms with E-state index in [0.717, 1.165) is 6.42 Å². The summed E-state index contributed by atoms with van der Waals surface area (Å²) in [6.45, 7) is 16.2. The fourth-order valence-electron chi connectivity index (χ4n) is 5.72. The van der Waals surface area contributed by atoms with E-state index in [0.29, 0.717) is 0 Å². The molecule has 35 heavy (non-hydrogen) atoms. The summed E-state index contributed by atoms with van der Waals surface area (Å²) in [5.74, 6) is 0. The molecule has 0 saturated carbocycles. The van der Waals surface area contributed by atoms with E-state index in [4.69, 9.17) is 0 Å². The Bertz CT molecular complexity index is 1590. The predicted molar refractivity (Wildman–Crippen MR) is 152 cm³/mol. The molecule has 0 amide bonds. The van der Waals surface area contributed by atoms with Gasteiger partial charge in [0.1, 0.15) is 7.05 Å². The summed E-state index contributed by atoms with van der Waals surface area (Å²) < 4.78 is 2.32. The second-order valence-corrected chi connectivity index (χ2v) is 12.4. The molecule has 0 radical (unpaired) electrons. The van der Waals surface area contributed by atoms with Crippen LogP contribution in [0.2, 0.25) is 0 Å². The van der Waals surface area contributed by atoms with Crippen LogP contribution in [0, 0.1) is 12.3 Å². The zero-order chi connectivity index (χ0) is 25.1. The normalized spacial score (nSPS) is 12.7. The molecule has 0 N–H and O–H groups in total. The van der Waals surface area contributed by atoms with Crippen LogP contribution in [0.1, 0.15) is 58.2 Å². The minimum atomic E-state index is 0.0488. The van der Waals surface area contributed by atoms with Crippen LogP contribution in [0.5, 0.6) is 0 Å². The number of hydrogen-bond acceptors (Lipinski definition) is 0. The first kappa shape index (κ1) is 23.5. The third-order valence-corrected chi connectivity index (χ3v) is 7.35. The van der Waals surface area contributed by atoms with Crippen molar-refractivity contribution in [2.75, 3.05) is 0 Å². The van der Waals surface area contributed by atoms with E-state index < -0.39 is 0 Å². The van der Waals surface area contributed by atoms with E-state index in [2.05, 4.69) is 133 Å². The topological polar surface area (TPSA) is 3.88 Å². The summed E-state index contributed by atoms with van der Waals surface area (Å²) in [6.07, 6.45) is 3.28. The lowest BCUT2D eigenvalue weighted by atomic mass is 9.80. The molecule has 0 unspecified atom stereocenters. The Labute approximate surface area is 210 Å². The quantitative estimate of drug-likeness (QED) is 0.183. The monoisotopic (exact) mass is 460 g/mol. The van der Waals surface area contributed by atoms with Crippen LogP contribution in [0.4, 0.5) is 0 Å². The summed E-state index contributed by atoms with van der Waals surface area (Å²) in [5, 5.41) is 8.07. The lowest BCUT2D eigenvalue weighted by molar-refractivity contribution is -0.659. The first-order valence-corrected chi connectivity index (χ1v) is 12.8. The minimum absolute atomic E-state index is 0.0488. The van der Waals surface area contributed by atoms with Gasteiger partial charge >= 0.3 is 0 Å². The lowest BCUT2D eigenvalue weighted by Gasteiger charge is -2.24. The standard InChI is InChI=1S/C34H38N/c1-22-25-13-9-10-14-27(25)30(34(5,6)7)20-29(22)32-31-23(18-19-35(32)8)16-17-26-24(21-33(2,3)4)12-11-15-28(26)31/h9-20H,21H2,1-8H3/q+1. The highest BCUT2D eigenvalue weighted by Crippen LogP contribution is 2.41. The summed E-state index contributed by atoms with van der Waals surface area (Å²) in [5.41, 5.74) is 7.10. The third kappa shape index (κ3) is 4.12. The van der Waals surface area contributed by atoms with E-state index in [1.54, 1.807) is 0 Å². The number of pyridine rings is 1. The van der Waals surface area contributed by atoms with E-state index >= 15 is 0 Å². The highest BCUT2D eigenvalue weighted by Gasteiger charge is 2.25. The van der Waals surface area contributed by atoms with Gasteiger partial charge in [0, 0.05) is 6.07 Å². The summed E-state index contributed by atoms with van der Waals surface area (Å²) in [6, 6.07) is 25.1. The Kier molecular flexibility index (Phi) is 5.51. The van der Waals surface area contributed by atoms with Crippen molar-refractivity contribution in [2.24, 2.45) is 12.5 Å². The van der Waals surface area contributed by atoms with Crippen molar-refractivity contribution in [1.82, 2.24) is 0 Å². The largest absolute Gasteiger partial charge is 0.221 e. The highest BCUT2D eigenvalue weighted by atomic mass is 14.9. The van der Waals surface area contributed by atoms with E-state index in [9.17, 15) is 0 Å². The Morgan fingerprint density at radius 2 is 1.40 bits per heavy atom. The van der Waals surface area contributed by atoms with Gasteiger partial charge in [-0.3, -0.25) is 0 Å². The molecule has 0 bridgehead atoms. The van der Waals surface area contributed by atoms with Crippen molar-refractivity contribution in [3.8, 4) is 11.3 Å². The van der Waals surface area contributed by atoms with Crippen LogP contribution in [0.3, 0.4) is 0 Å². The van der Waals surface area contributed by atoms with Gasteiger partial charge in [-0.25, -0.2) is 4.57 Å². The molecule has 178 valence electrons. The van der Waals surface area contributed by atoms with Crippen LogP contribution < -0.4 is 4.57 Å². The number of hydrogen-bond donors (Lipinski definition) is 0. The highest BCUT2D eigenvalue weighted by molar-refractivity contribution is 6.14. The van der Waals surface area contributed by atoms with Gasteiger partial charge in [-0.1, -0.05) is 96.1 Å². The van der Waals surface area contributed by atoms with Crippen molar-refractivity contribution in [1.29, 1.82) is 0 Å². The maximum Gasteiger partial charge on any atom is 0.221 e. The summed E-state index contributed by atoms with van der Waals surface area (Å²) in [7, 11) is 2.19. The smallest absolute Gasteiger partial charge is 0.200 e. The van der Waals surface area contributed by atoms with Gasteiger partial charge < -0.3 is 0 Å². The van der Waals surface area contributed by atoms with Crippen molar-refractivity contribution in [2.45, 2.75) is 60.3 Å². The second kappa shape index (κ2) is 8.19. The molecule has 0 aliphatic carbocycles. The molecule has 0 aliphatic heterocycles. The molecule has 5 rings (SSSR count). The second-order valence-electron chi connectivity index (χ2n) is 12.4. The van der Waals surface area contributed by atoms with Gasteiger partial charge in [0.05, 0.1) is 10.9 Å². The van der Waals surface area contributed by atoms with Crippen LogP contribution >= 0.6 is 0 Å². The SMILES string of the molecule is Cc1c(-c2c3c(ccc4c(CC(C)(C)C)cccc43)cc[n+]2C)cc(C(C)(C)C)c2ccccc12. The lowest BCUT2D eigenvalue weighted by Crippen LogP contribution is -2.31. The number of aryl methyl sites for hydroxylation is 2. The first-order valence-electron chi connectivity index (χ1n) is 12.8. The van der Waals surface area contributed by atoms with E-state index in [1.165, 1.54) is 60.3 Å². The van der Waals surface area contributed by atoms with Crippen molar-refractivity contribution >= 4 is 32.3 Å². The maximum absolute atomic E-state index is 2.46. The van der Waals surface area contributed by atoms with Crippen LogP contribution in [0.15, 0.2) is 72.9 Å². The molecule has 4 aromatic carbocycles. The molecular weight excluding hydrogens is 422 g/mol. The molecule has 1 nitrogen and oxygen atoms in total. The average molecular weight is 461 g/mol. The minimum Gasteiger partial charge on any atom is -0.200 e. The molecule has 0 aliphatic rings. The van der Waals surface area contributed by atoms with Crippen LogP contribution in [0.25, 0.3) is 43.6 Å². The fourth-order valence-corrected chi connectivity index (χ4v) is 5.72. The Hall–Kier alpha value is -3.19. The van der Waals surface area contributed by atoms with Crippen LogP contribution in [-0.4, -0.2) is 0 Å². The molecule has 1 aromatic heterocycles. The molecule has 5 aromatic rings. The van der Waals surface area contributed by atoms with Crippen molar-refractivity contribution < 1.29 is 4.57 Å². The number of nitrogens with zero attached hydrogens (tertiary/aromatic N) is 1. The third-order valence-electron chi connectivity index (χ3n) is 7.35. The van der Waals surface area contributed by atoms with Gasteiger partial charge in [-0.05, 0) is 73.9 Å². The van der Waals surface area contributed by atoms with Gasteiger partial charge in [-0.15, -0.1) is 0 Å². The molecule has 0 spiro atoms. The number of benzene rings is 4. The van der Waals surface area contributed by atoms with Gasteiger partial charge in [0.25, 0.3) is 0 Å². The molecular formula is C34H38N+. The molecule has 1 heterocycles. The summed E-state index contributed by atoms with van der Waals surface area (Å²) in [4.78, 5) is 0. The molecule has 0 atom stereocenters. The molecule has 0 saturated heterocycles. The number of rotatable bonds is 2. The fraction of sp³-hybridized carbons (Fsp3) is 0.324. The van der Waals surface area contributed by atoms with Crippen molar-refractivity contribution in [3.63, 3.8) is 0 Å². The Balaban J connectivity index is 1.93. The summed E-state index contributed by atoms with van der Waals surface area (Å²) >= 11 is 0. The molecule has 1 heteroatoms.